The summed E-state index contributed by atoms with van der Waals surface area (Å²) in [6, 6.07) is 11.3. The Kier molecular flexibility index (Phi) is 6.72. The van der Waals surface area contributed by atoms with Gasteiger partial charge in [-0.3, -0.25) is 4.90 Å². The standard InChI is InChI=1S/C26H33NO5/c1-16-10-24(30-3)17(2)9-19(16)13-27-14-20-11-23(28)25(12-21(20)15-27)32-22-7-5-18(6-8-22)26(29)31-4/h5-10,20-21,23,25,28H,11-15H2,1-4H3/t20-,21+,23-,25-/m0/s1. The zero-order valence-corrected chi connectivity index (χ0v) is 19.3. The number of carbonyl (C=O) groups is 1. The van der Waals surface area contributed by atoms with Crippen molar-refractivity contribution in [2.45, 2.75) is 45.4 Å². The number of esters is 1. The van der Waals surface area contributed by atoms with Gasteiger partial charge < -0.3 is 19.3 Å². The molecule has 0 radical (unpaired) electrons. The number of aryl methyl sites for hydroxylation is 2. The molecule has 4 rings (SSSR count). The van der Waals surface area contributed by atoms with E-state index in [1.54, 1.807) is 31.4 Å². The fourth-order valence-corrected chi connectivity index (χ4v) is 5.19. The molecule has 4 atom stereocenters. The Balaban J connectivity index is 1.38. The van der Waals surface area contributed by atoms with E-state index in [2.05, 4.69) is 30.9 Å². The number of rotatable bonds is 6. The van der Waals surface area contributed by atoms with Gasteiger partial charge in [-0.2, -0.15) is 0 Å². The van der Waals surface area contributed by atoms with Crippen LogP contribution >= 0.6 is 0 Å². The Morgan fingerprint density at radius 2 is 1.72 bits per heavy atom. The molecule has 2 fully saturated rings. The third-order valence-corrected chi connectivity index (χ3v) is 6.97. The first kappa shape index (κ1) is 22.6. The van der Waals surface area contributed by atoms with E-state index in [4.69, 9.17) is 14.2 Å². The van der Waals surface area contributed by atoms with E-state index in [0.29, 0.717) is 23.1 Å². The van der Waals surface area contributed by atoms with Gasteiger partial charge in [-0.15, -0.1) is 0 Å². The SMILES string of the molecule is COC(=O)c1ccc(O[C@H]2C[C@@H]3CN(Cc4cc(C)c(OC)cc4C)C[C@@H]3C[C@@H]2O)cc1. The predicted molar refractivity (Wildman–Crippen MR) is 122 cm³/mol. The number of hydrogen-bond acceptors (Lipinski definition) is 6. The van der Waals surface area contributed by atoms with E-state index >= 15 is 0 Å². The molecule has 0 bridgehead atoms. The van der Waals surface area contributed by atoms with Gasteiger partial charge >= 0.3 is 5.97 Å². The summed E-state index contributed by atoms with van der Waals surface area (Å²) in [6.07, 6.45) is 0.876. The van der Waals surface area contributed by atoms with E-state index in [-0.39, 0.29) is 12.1 Å². The van der Waals surface area contributed by atoms with Gasteiger partial charge in [-0.25, -0.2) is 4.79 Å². The van der Waals surface area contributed by atoms with Gasteiger partial charge in [0.1, 0.15) is 17.6 Å². The molecule has 0 spiro atoms. The third-order valence-electron chi connectivity index (χ3n) is 6.97. The lowest BCUT2D eigenvalue weighted by molar-refractivity contribution is -0.0231. The molecule has 1 saturated heterocycles. The Morgan fingerprint density at radius 1 is 1.03 bits per heavy atom. The summed E-state index contributed by atoms with van der Waals surface area (Å²) in [6.45, 7) is 7.16. The molecule has 32 heavy (non-hydrogen) atoms. The number of nitrogens with zero attached hydrogens (tertiary/aromatic N) is 1. The molecule has 6 nitrogen and oxygen atoms in total. The van der Waals surface area contributed by atoms with Gasteiger partial charge in [-0.1, -0.05) is 6.07 Å². The van der Waals surface area contributed by atoms with Crippen molar-refractivity contribution in [3.05, 3.63) is 58.7 Å². The minimum absolute atomic E-state index is 0.231. The van der Waals surface area contributed by atoms with Crippen molar-refractivity contribution in [2.24, 2.45) is 11.8 Å². The molecule has 0 unspecified atom stereocenters. The Labute approximate surface area is 190 Å². The molecule has 1 heterocycles. The van der Waals surface area contributed by atoms with Gasteiger partial charge in [0.25, 0.3) is 0 Å². The second kappa shape index (κ2) is 9.51. The van der Waals surface area contributed by atoms with Gasteiger partial charge in [0.15, 0.2) is 0 Å². The molecule has 0 aromatic heterocycles. The molecule has 1 aliphatic heterocycles. The van der Waals surface area contributed by atoms with E-state index in [0.717, 1.165) is 43.8 Å². The summed E-state index contributed by atoms with van der Waals surface area (Å²) in [5.74, 6) is 2.23. The normalized spacial score (nSPS) is 25.3. The van der Waals surface area contributed by atoms with Crippen LogP contribution in [0.15, 0.2) is 36.4 Å². The lowest BCUT2D eigenvalue weighted by atomic mass is 9.78. The number of benzene rings is 2. The van der Waals surface area contributed by atoms with Crippen molar-refractivity contribution in [1.29, 1.82) is 0 Å². The first-order valence-electron chi connectivity index (χ1n) is 11.3. The average molecular weight is 440 g/mol. The van der Waals surface area contributed by atoms with Crippen LogP contribution in [0.3, 0.4) is 0 Å². The molecule has 6 heteroatoms. The Bertz CT molecular complexity index is 957. The Morgan fingerprint density at radius 3 is 2.38 bits per heavy atom. The minimum atomic E-state index is -0.485. The highest BCUT2D eigenvalue weighted by Crippen LogP contribution is 2.39. The number of ether oxygens (including phenoxy) is 3. The third kappa shape index (κ3) is 4.76. The van der Waals surface area contributed by atoms with Crippen LogP contribution in [0, 0.1) is 25.7 Å². The number of aliphatic hydroxyl groups is 1. The number of likely N-dealkylation sites (tertiary alicyclic amines) is 1. The van der Waals surface area contributed by atoms with Gasteiger partial charge in [0.2, 0.25) is 0 Å². The second-order valence-electron chi connectivity index (χ2n) is 9.17. The lowest BCUT2D eigenvalue weighted by Crippen LogP contribution is -2.42. The highest BCUT2D eigenvalue weighted by atomic mass is 16.5. The van der Waals surface area contributed by atoms with E-state index in [9.17, 15) is 9.90 Å². The molecule has 1 aliphatic carbocycles. The number of aliphatic hydroxyl groups excluding tert-OH is 1. The molecular weight excluding hydrogens is 406 g/mol. The van der Waals surface area contributed by atoms with Gasteiger partial charge in [0.05, 0.1) is 25.9 Å². The van der Waals surface area contributed by atoms with Crippen LogP contribution in [0.4, 0.5) is 0 Å². The number of fused-ring (bicyclic) bond motifs is 1. The molecular formula is C26H33NO5. The fourth-order valence-electron chi connectivity index (χ4n) is 5.19. The summed E-state index contributed by atoms with van der Waals surface area (Å²) in [4.78, 5) is 14.1. The Hall–Kier alpha value is -2.57. The van der Waals surface area contributed by atoms with Crippen LogP contribution in [0.1, 0.15) is 39.9 Å². The first-order chi connectivity index (χ1) is 15.4. The van der Waals surface area contributed by atoms with Crippen molar-refractivity contribution >= 4 is 5.97 Å². The van der Waals surface area contributed by atoms with Gasteiger partial charge in [-0.05, 0) is 85.5 Å². The van der Waals surface area contributed by atoms with Crippen LogP contribution in [-0.2, 0) is 11.3 Å². The monoisotopic (exact) mass is 439 g/mol. The summed E-state index contributed by atoms with van der Waals surface area (Å²) in [5, 5.41) is 10.7. The summed E-state index contributed by atoms with van der Waals surface area (Å²) >= 11 is 0. The largest absolute Gasteiger partial charge is 0.496 e. The summed E-state index contributed by atoms with van der Waals surface area (Å²) in [7, 11) is 3.08. The molecule has 2 aromatic carbocycles. The predicted octanol–water partition coefficient (Wildman–Crippen LogP) is 3.75. The van der Waals surface area contributed by atoms with E-state index in [1.165, 1.54) is 18.2 Å². The highest BCUT2D eigenvalue weighted by Gasteiger charge is 2.42. The van der Waals surface area contributed by atoms with Crippen LogP contribution in [0.25, 0.3) is 0 Å². The van der Waals surface area contributed by atoms with E-state index in [1.807, 2.05) is 0 Å². The van der Waals surface area contributed by atoms with Gasteiger partial charge in [0, 0.05) is 19.6 Å². The molecule has 1 N–H and O–H groups in total. The van der Waals surface area contributed by atoms with Crippen molar-refractivity contribution in [1.82, 2.24) is 4.90 Å². The molecule has 0 amide bonds. The molecule has 2 aromatic rings. The smallest absolute Gasteiger partial charge is 0.337 e. The van der Waals surface area contributed by atoms with Crippen LogP contribution < -0.4 is 9.47 Å². The summed E-state index contributed by atoms with van der Waals surface area (Å²) < 4.78 is 16.3. The van der Waals surface area contributed by atoms with Crippen molar-refractivity contribution in [3.63, 3.8) is 0 Å². The highest BCUT2D eigenvalue weighted by molar-refractivity contribution is 5.89. The maximum absolute atomic E-state index is 11.6. The molecule has 2 aliphatic rings. The number of hydrogen-bond donors (Lipinski definition) is 1. The molecule has 172 valence electrons. The lowest BCUT2D eigenvalue weighted by Gasteiger charge is -2.35. The van der Waals surface area contributed by atoms with Crippen LogP contribution in [0.5, 0.6) is 11.5 Å². The van der Waals surface area contributed by atoms with Crippen molar-refractivity contribution in [2.75, 3.05) is 27.3 Å². The quantitative estimate of drug-likeness (QED) is 0.692. The van der Waals surface area contributed by atoms with Crippen molar-refractivity contribution < 1.29 is 24.1 Å². The van der Waals surface area contributed by atoms with Crippen LogP contribution in [0.2, 0.25) is 0 Å². The maximum atomic E-state index is 11.6. The second-order valence-corrected chi connectivity index (χ2v) is 9.17. The maximum Gasteiger partial charge on any atom is 0.337 e. The van der Waals surface area contributed by atoms with Crippen molar-refractivity contribution in [3.8, 4) is 11.5 Å². The molecule has 1 saturated carbocycles. The minimum Gasteiger partial charge on any atom is -0.496 e. The zero-order chi connectivity index (χ0) is 22.8. The topological polar surface area (TPSA) is 68.2 Å². The van der Waals surface area contributed by atoms with E-state index < -0.39 is 6.10 Å². The summed E-state index contributed by atoms with van der Waals surface area (Å²) in [5.41, 5.74) is 4.23. The number of methoxy groups -OCH3 is 2. The number of carbonyl (C=O) groups excluding carboxylic acids is 1. The zero-order valence-electron chi connectivity index (χ0n) is 19.3. The first-order valence-corrected chi connectivity index (χ1v) is 11.3. The fraction of sp³-hybridized carbons (Fsp3) is 0.500. The van der Waals surface area contributed by atoms with Crippen LogP contribution in [-0.4, -0.2) is 55.5 Å². The average Bonchev–Trinajstić information content (AvgIpc) is 3.17.